The van der Waals surface area contributed by atoms with Crippen LogP contribution in [0, 0.1) is 0 Å². The fourth-order valence-corrected chi connectivity index (χ4v) is 7.31. The van der Waals surface area contributed by atoms with Crippen molar-refractivity contribution in [1.29, 1.82) is 0 Å². The molecular formula is C57H72O8. The van der Waals surface area contributed by atoms with Crippen molar-refractivity contribution in [1.82, 2.24) is 0 Å². The molecule has 0 bridgehead atoms. The van der Waals surface area contributed by atoms with E-state index in [2.05, 4.69) is 13.8 Å². The van der Waals surface area contributed by atoms with Gasteiger partial charge in [0, 0.05) is 23.3 Å². The summed E-state index contributed by atoms with van der Waals surface area (Å²) in [7, 11) is 0. The maximum atomic E-state index is 12.9. The average Bonchev–Trinajstić information content (AvgIpc) is 3.32. The van der Waals surface area contributed by atoms with Gasteiger partial charge in [0.1, 0.15) is 23.0 Å². The van der Waals surface area contributed by atoms with Crippen molar-refractivity contribution in [2.75, 3.05) is 13.2 Å². The number of Topliss-reactive ketones (excluding diaryl/α,β-unsaturated/α-hetero) is 2. The molecule has 4 aromatic carbocycles. The molecule has 348 valence electrons. The Morgan fingerprint density at radius 1 is 0.369 bits per heavy atom. The minimum Gasteiger partial charge on any atom is -0.494 e. The summed E-state index contributed by atoms with van der Waals surface area (Å²) >= 11 is 0. The molecule has 0 atom stereocenters. The van der Waals surface area contributed by atoms with Crippen LogP contribution in [0.5, 0.6) is 23.0 Å². The van der Waals surface area contributed by atoms with Crippen molar-refractivity contribution in [3.8, 4) is 23.0 Å². The minimum absolute atomic E-state index is 0.274. The van der Waals surface area contributed by atoms with E-state index in [4.69, 9.17) is 18.9 Å². The molecule has 0 saturated carbocycles. The first-order chi connectivity index (χ1) is 31.8. The number of carbonyl (C=O) groups is 4. The Kier molecular flexibility index (Phi) is 25.5. The third-order valence-corrected chi connectivity index (χ3v) is 11.2. The first kappa shape index (κ1) is 51.9. The molecule has 8 heteroatoms. The molecule has 0 aromatic heterocycles. The summed E-state index contributed by atoms with van der Waals surface area (Å²) in [5.74, 6) is 0.278. The molecule has 0 fully saturated rings. The van der Waals surface area contributed by atoms with Crippen molar-refractivity contribution in [3.05, 3.63) is 131 Å². The van der Waals surface area contributed by atoms with E-state index >= 15 is 0 Å². The summed E-state index contributed by atoms with van der Waals surface area (Å²) in [6, 6.07) is 27.3. The second kappa shape index (κ2) is 32.0. The number of rotatable bonds is 34. The van der Waals surface area contributed by atoms with E-state index in [1.54, 1.807) is 12.2 Å². The van der Waals surface area contributed by atoms with Gasteiger partial charge >= 0.3 is 11.9 Å². The summed E-state index contributed by atoms with van der Waals surface area (Å²) < 4.78 is 22.6. The molecule has 8 nitrogen and oxygen atoms in total. The average molecular weight is 885 g/mol. The van der Waals surface area contributed by atoms with Gasteiger partial charge < -0.3 is 18.9 Å². The zero-order valence-corrected chi connectivity index (χ0v) is 39.1. The number of benzene rings is 4. The molecule has 0 amide bonds. The van der Waals surface area contributed by atoms with E-state index in [0.717, 1.165) is 35.5 Å². The van der Waals surface area contributed by atoms with Crippen molar-refractivity contribution < 1.29 is 38.1 Å². The number of esters is 2. The maximum absolute atomic E-state index is 12.9. The second-order valence-corrected chi connectivity index (χ2v) is 16.8. The van der Waals surface area contributed by atoms with Crippen LogP contribution in [0.25, 0.3) is 12.2 Å². The smallest absolute Gasteiger partial charge is 0.336 e. The highest BCUT2D eigenvalue weighted by Crippen LogP contribution is 2.20. The zero-order chi connectivity index (χ0) is 46.2. The molecule has 0 heterocycles. The molecule has 0 aliphatic rings. The number of hydrogen-bond donors (Lipinski definition) is 0. The molecular weight excluding hydrogens is 813 g/mol. The first-order valence-corrected chi connectivity index (χ1v) is 24.3. The van der Waals surface area contributed by atoms with Gasteiger partial charge in [0.2, 0.25) is 0 Å². The normalized spacial score (nSPS) is 11.2. The fourth-order valence-electron chi connectivity index (χ4n) is 7.31. The molecule has 0 spiro atoms. The lowest BCUT2D eigenvalue weighted by molar-refractivity contribution is -0.129. The van der Waals surface area contributed by atoms with Crippen molar-refractivity contribution in [2.45, 2.75) is 149 Å². The van der Waals surface area contributed by atoms with Gasteiger partial charge in [-0.2, -0.15) is 0 Å². The lowest BCUT2D eigenvalue weighted by Crippen LogP contribution is -2.09. The molecule has 0 saturated heterocycles. The first-order valence-electron chi connectivity index (χ1n) is 24.3. The highest BCUT2D eigenvalue weighted by atomic mass is 16.5. The van der Waals surface area contributed by atoms with E-state index in [0.29, 0.717) is 24.3 Å². The molecule has 0 aliphatic heterocycles. The Bertz CT molecular complexity index is 1860. The SMILES string of the molecule is CCCCCCCCCCCCOc1ccc(/C=C/C(=O)Oc2ccc(C(=O)CC(=O)c3ccc(OC(=O)/C=C/c4ccc(OCCCCCCCCCCCC)cc4)cc3)cc2)cc1. The molecule has 4 rings (SSSR count). The van der Waals surface area contributed by atoms with Crippen LogP contribution in [0.1, 0.15) is 181 Å². The van der Waals surface area contributed by atoms with Crippen molar-refractivity contribution in [3.63, 3.8) is 0 Å². The lowest BCUT2D eigenvalue weighted by Gasteiger charge is -2.07. The van der Waals surface area contributed by atoms with Gasteiger partial charge in [-0.1, -0.05) is 154 Å². The van der Waals surface area contributed by atoms with Gasteiger partial charge in [-0.15, -0.1) is 0 Å². The predicted molar refractivity (Wildman–Crippen MR) is 263 cm³/mol. The van der Waals surface area contributed by atoms with Gasteiger partial charge in [0.25, 0.3) is 0 Å². The van der Waals surface area contributed by atoms with Gasteiger partial charge in [-0.05, 0) is 109 Å². The summed E-state index contributed by atoms with van der Waals surface area (Å²) in [5.41, 5.74) is 2.29. The number of hydrogen-bond acceptors (Lipinski definition) is 8. The van der Waals surface area contributed by atoms with Crippen molar-refractivity contribution in [2.24, 2.45) is 0 Å². The zero-order valence-electron chi connectivity index (χ0n) is 39.1. The third-order valence-electron chi connectivity index (χ3n) is 11.2. The van der Waals surface area contributed by atoms with Gasteiger partial charge in [0.15, 0.2) is 11.6 Å². The highest BCUT2D eigenvalue weighted by molar-refractivity contribution is 6.13. The summed E-state index contributed by atoms with van der Waals surface area (Å²) in [4.78, 5) is 50.8. The standard InChI is InChI=1S/C57H72O8/c1-3-5-7-9-11-13-15-17-19-21-43-62-50-33-23-46(24-34-50)27-41-56(60)64-52-37-29-48(30-38-52)54(58)45-55(59)49-31-39-53(40-32-49)65-57(61)42-28-47-25-35-51(36-26-47)63-44-22-20-18-16-14-12-10-8-6-4-2/h23-42H,3-22,43-45H2,1-2H3/b41-27+,42-28+. The van der Waals surface area contributed by atoms with Gasteiger partial charge in [-0.25, -0.2) is 9.59 Å². The van der Waals surface area contributed by atoms with Crippen molar-refractivity contribution >= 4 is 35.7 Å². The van der Waals surface area contributed by atoms with Crippen LogP contribution in [-0.2, 0) is 9.59 Å². The summed E-state index contributed by atoms with van der Waals surface area (Å²) in [6.07, 6.45) is 31.4. The maximum Gasteiger partial charge on any atom is 0.336 e. The van der Waals surface area contributed by atoms with E-state index < -0.39 is 11.9 Å². The number of ketones is 2. The monoisotopic (exact) mass is 885 g/mol. The van der Waals surface area contributed by atoms with E-state index in [9.17, 15) is 19.2 Å². The molecule has 0 unspecified atom stereocenters. The van der Waals surface area contributed by atoms with E-state index in [1.807, 2.05) is 48.5 Å². The molecule has 0 aliphatic carbocycles. The Morgan fingerprint density at radius 3 is 0.985 bits per heavy atom. The van der Waals surface area contributed by atoms with E-state index in [-0.39, 0.29) is 29.5 Å². The number of carbonyl (C=O) groups excluding carboxylic acids is 4. The largest absolute Gasteiger partial charge is 0.494 e. The Balaban J connectivity index is 1.08. The molecule has 0 N–H and O–H groups in total. The van der Waals surface area contributed by atoms with Crippen LogP contribution in [0.2, 0.25) is 0 Å². The number of ether oxygens (including phenoxy) is 4. The third kappa shape index (κ3) is 22.6. The van der Waals surface area contributed by atoms with Crippen LogP contribution in [0.4, 0.5) is 0 Å². The lowest BCUT2D eigenvalue weighted by atomic mass is 10.0. The Morgan fingerprint density at radius 2 is 0.662 bits per heavy atom. The van der Waals surface area contributed by atoms with Crippen LogP contribution < -0.4 is 18.9 Å². The predicted octanol–water partition coefficient (Wildman–Crippen LogP) is 15.0. The van der Waals surface area contributed by atoms with Crippen LogP contribution >= 0.6 is 0 Å². The number of unbranched alkanes of at least 4 members (excludes halogenated alkanes) is 18. The summed E-state index contributed by atoms with van der Waals surface area (Å²) in [6.45, 7) is 5.89. The van der Waals surface area contributed by atoms with Gasteiger partial charge in [-0.3, -0.25) is 9.59 Å². The molecule has 0 radical (unpaired) electrons. The van der Waals surface area contributed by atoms with Crippen LogP contribution in [0.3, 0.4) is 0 Å². The second-order valence-electron chi connectivity index (χ2n) is 16.8. The summed E-state index contributed by atoms with van der Waals surface area (Å²) in [5, 5.41) is 0. The molecule has 4 aromatic rings. The van der Waals surface area contributed by atoms with Crippen LogP contribution in [0.15, 0.2) is 109 Å². The fraction of sp³-hybridized carbons (Fsp3) is 0.439. The quantitative estimate of drug-likeness (QED) is 0.0114. The van der Waals surface area contributed by atoms with Crippen LogP contribution in [-0.4, -0.2) is 36.7 Å². The van der Waals surface area contributed by atoms with Gasteiger partial charge in [0.05, 0.1) is 19.6 Å². The Hall–Kier alpha value is -5.76. The van der Waals surface area contributed by atoms with E-state index in [1.165, 1.54) is 176 Å². The molecule has 65 heavy (non-hydrogen) atoms. The minimum atomic E-state index is -0.559. The Labute approximate surface area is 388 Å². The highest BCUT2D eigenvalue weighted by Gasteiger charge is 2.15. The topological polar surface area (TPSA) is 105 Å².